The minimum Gasteiger partial charge on any atom is -0.497 e. The SMILES string of the molecule is CC#CCCNC(=O)c1ccc(OC)cc1OC. The lowest BCUT2D eigenvalue weighted by molar-refractivity contribution is 0.0951. The average Bonchev–Trinajstić information content (AvgIpc) is 2.42. The van der Waals surface area contributed by atoms with Crippen molar-refractivity contribution in [2.24, 2.45) is 0 Å². The van der Waals surface area contributed by atoms with Crippen LogP contribution in [-0.4, -0.2) is 26.7 Å². The molecule has 0 unspecified atom stereocenters. The van der Waals surface area contributed by atoms with Crippen molar-refractivity contribution in [2.45, 2.75) is 13.3 Å². The number of hydrogen-bond acceptors (Lipinski definition) is 3. The molecule has 0 spiro atoms. The molecule has 1 amide bonds. The first-order valence-electron chi connectivity index (χ1n) is 5.62. The minimum absolute atomic E-state index is 0.174. The van der Waals surface area contributed by atoms with Crippen LogP contribution in [0.2, 0.25) is 0 Å². The summed E-state index contributed by atoms with van der Waals surface area (Å²) in [5.41, 5.74) is 0.489. The van der Waals surface area contributed by atoms with Crippen molar-refractivity contribution in [2.75, 3.05) is 20.8 Å². The Morgan fingerprint density at radius 3 is 2.72 bits per heavy atom. The summed E-state index contributed by atoms with van der Waals surface area (Å²) < 4.78 is 10.2. The maximum atomic E-state index is 11.9. The summed E-state index contributed by atoms with van der Waals surface area (Å²) in [4.78, 5) is 11.9. The third-order valence-corrected chi connectivity index (χ3v) is 2.37. The predicted octanol–water partition coefficient (Wildman–Crippen LogP) is 1.85. The Labute approximate surface area is 107 Å². The van der Waals surface area contributed by atoms with E-state index in [0.717, 1.165) is 0 Å². The van der Waals surface area contributed by atoms with Crippen molar-refractivity contribution in [1.29, 1.82) is 0 Å². The predicted molar refractivity (Wildman–Crippen MR) is 69.9 cm³/mol. The van der Waals surface area contributed by atoms with Gasteiger partial charge in [0.1, 0.15) is 11.5 Å². The largest absolute Gasteiger partial charge is 0.497 e. The van der Waals surface area contributed by atoms with E-state index >= 15 is 0 Å². The fourth-order valence-corrected chi connectivity index (χ4v) is 1.44. The molecule has 96 valence electrons. The van der Waals surface area contributed by atoms with Gasteiger partial charge in [-0.3, -0.25) is 4.79 Å². The van der Waals surface area contributed by atoms with Crippen LogP contribution in [-0.2, 0) is 0 Å². The molecule has 0 aromatic heterocycles. The molecule has 0 aliphatic heterocycles. The molecular formula is C14H17NO3. The summed E-state index contributed by atoms with van der Waals surface area (Å²) in [6, 6.07) is 5.09. The van der Waals surface area contributed by atoms with E-state index in [1.165, 1.54) is 7.11 Å². The molecule has 0 heterocycles. The van der Waals surface area contributed by atoms with E-state index in [1.807, 2.05) is 0 Å². The summed E-state index contributed by atoms with van der Waals surface area (Å²) in [6.07, 6.45) is 0.640. The van der Waals surface area contributed by atoms with E-state index in [0.29, 0.717) is 30.0 Å². The van der Waals surface area contributed by atoms with E-state index in [4.69, 9.17) is 9.47 Å². The van der Waals surface area contributed by atoms with Gasteiger partial charge in [-0.15, -0.1) is 11.8 Å². The van der Waals surface area contributed by atoms with Crippen LogP contribution in [0.25, 0.3) is 0 Å². The molecule has 1 aromatic rings. The van der Waals surface area contributed by atoms with Crippen molar-refractivity contribution in [3.05, 3.63) is 23.8 Å². The first-order valence-corrected chi connectivity index (χ1v) is 5.62. The molecule has 0 saturated heterocycles. The highest BCUT2D eigenvalue weighted by Crippen LogP contribution is 2.24. The fraction of sp³-hybridized carbons (Fsp3) is 0.357. The highest BCUT2D eigenvalue weighted by molar-refractivity contribution is 5.97. The van der Waals surface area contributed by atoms with Crippen LogP contribution in [0.3, 0.4) is 0 Å². The van der Waals surface area contributed by atoms with E-state index < -0.39 is 0 Å². The summed E-state index contributed by atoms with van der Waals surface area (Å²) in [6.45, 7) is 2.29. The molecule has 0 aliphatic carbocycles. The summed E-state index contributed by atoms with van der Waals surface area (Å²) in [5.74, 6) is 6.64. The lowest BCUT2D eigenvalue weighted by Gasteiger charge is -2.10. The van der Waals surface area contributed by atoms with Crippen LogP contribution in [0, 0.1) is 11.8 Å². The number of benzene rings is 1. The van der Waals surface area contributed by atoms with Crippen LogP contribution in [0.1, 0.15) is 23.7 Å². The van der Waals surface area contributed by atoms with Crippen LogP contribution >= 0.6 is 0 Å². The van der Waals surface area contributed by atoms with Gasteiger partial charge in [-0.25, -0.2) is 0 Å². The number of ether oxygens (including phenoxy) is 2. The van der Waals surface area contributed by atoms with Gasteiger partial charge in [-0.1, -0.05) is 0 Å². The average molecular weight is 247 g/mol. The summed E-state index contributed by atoms with van der Waals surface area (Å²) in [7, 11) is 3.09. The zero-order valence-corrected chi connectivity index (χ0v) is 10.9. The Bertz CT molecular complexity index is 472. The van der Waals surface area contributed by atoms with Gasteiger partial charge in [0.25, 0.3) is 5.91 Å². The van der Waals surface area contributed by atoms with Crippen molar-refractivity contribution in [3.8, 4) is 23.3 Å². The Morgan fingerprint density at radius 2 is 2.11 bits per heavy atom. The molecule has 0 aliphatic rings. The number of methoxy groups -OCH3 is 2. The van der Waals surface area contributed by atoms with Crippen LogP contribution in [0.15, 0.2) is 18.2 Å². The Balaban J connectivity index is 2.74. The first kappa shape index (κ1) is 13.9. The van der Waals surface area contributed by atoms with E-state index in [1.54, 1.807) is 32.2 Å². The second-order valence-corrected chi connectivity index (χ2v) is 3.50. The summed E-state index contributed by atoms with van der Waals surface area (Å²) >= 11 is 0. The highest BCUT2D eigenvalue weighted by atomic mass is 16.5. The number of carbonyl (C=O) groups excluding carboxylic acids is 1. The van der Waals surface area contributed by atoms with Gasteiger partial charge in [0, 0.05) is 19.0 Å². The van der Waals surface area contributed by atoms with Gasteiger partial charge in [0.05, 0.1) is 19.8 Å². The molecule has 0 atom stereocenters. The maximum absolute atomic E-state index is 11.9. The van der Waals surface area contributed by atoms with E-state index in [-0.39, 0.29) is 5.91 Å². The minimum atomic E-state index is -0.174. The van der Waals surface area contributed by atoms with Gasteiger partial charge in [-0.05, 0) is 19.1 Å². The van der Waals surface area contributed by atoms with Gasteiger partial charge < -0.3 is 14.8 Å². The maximum Gasteiger partial charge on any atom is 0.255 e. The zero-order valence-electron chi connectivity index (χ0n) is 10.9. The second-order valence-electron chi connectivity index (χ2n) is 3.50. The molecule has 1 rings (SSSR count). The molecule has 0 saturated carbocycles. The van der Waals surface area contributed by atoms with Crippen LogP contribution in [0.5, 0.6) is 11.5 Å². The van der Waals surface area contributed by atoms with Crippen molar-refractivity contribution >= 4 is 5.91 Å². The third kappa shape index (κ3) is 3.70. The normalized spacial score (nSPS) is 9.06. The van der Waals surface area contributed by atoms with Crippen molar-refractivity contribution < 1.29 is 14.3 Å². The zero-order chi connectivity index (χ0) is 13.4. The lowest BCUT2D eigenvalue weighted by Crippen LogP contribution is -2.24. The number of amides is 1. The topological polar surface area (TPSA) is 47.6 Å². The Morgan fingerprint density at radius 1 is 1.33 bits per heavy atom. The molecular weight excluding hydrogens is 230 g/mol. The highest BCUT2D eigenvalue weighted by Gasteiger charge is 2.12. The van der Waals surface area contributed by atoms with Crippen molar-refractivity contribution in [1.82, 2.24) is 5.32 Å². The quantitative estimate of drug-likeness (QED) is 0.638. The van der Waals surface area contributed by atoms with Crippen LogP contribution in [0.4, 0.5) is 0 Å². The third-order valence-electron chi connectivity index (χ3n) is 2.37. The van der Waals surface area contributed by atoms with E-state index in [9.17, 15) is 4.79 Å². The molecule has 0 bridgehead atoms. The standard InChI is InChI=1S/C14H17NO3/c1-4-5-6-9-15-14(16)12-8-7-11(17-2)10-13(12)18-3/h7-8,10H,6,9H2,1-3H3,(H,15,16). The smallest absolute Gasteiger partial charge is 0.255 e. The molecule has 0 fully saturated rings. The van der Waals surface area contributed by atoms with Gasteiger partial charge in [-0.2, -0.15) is 0 Å². The Hall–Kier alpha value is -2.15. The number of carbonyl (C=O) groups is 1. The second kappa shape index (κ2) is 7.23. The first-order chi connectivity index (χ1) is 8.72. The molecule has 4 heteroatoms. The molecule has 0 radical (unpaired) electrons. The number of rotatable bonds is 5. The van der Waals surface area contributed by atoms with Gasteiger partial charge in [0.15, 0.2) is 0 Å². The molecule has 4 nitrogen and oxygen atoms in total. The number of hydrogen-bond donors (Lipinski definition) is 1. The van der Waals surface area contributed by atoms with Gasteiger partial charge >= 0.3 is 0 Å². The van der Waals surface area contributed by atoms with Gasteiger partial charge in [0.2, 0.25) is 0 Å². The Kier molecular flexibility index (Phi) is 5.59. The number of nitrogens with one attached hydrogen (secondary N) is 1. The lowest BCUT2D eigenvalue weighted by atomic mass is 10.1. The monoisotopic (exact) mass is 247 g/mol. The molecule has 1 aromatic carbocycles. The molecule has 1 N–H and O–H groups in total. The summed E-state index contributed by atoms with van der Waals surface area (Å²) in [5, 5.41) is 2.78. The van der Waals surface area contributed by atoms with E-state index in [2.05, 4.69) is 17.2 Å². The van der Waals surface area contributed by atoms with Crippen molar-refractivity contribution in [3.63, 3.8) is 0 Å². The van der Waals surface area contributed by atoms with Crippen LogP contribution < -0.4 is 14.8 Å². The fourth-order valence-electron chi connectivity index (χ4n) is 1.44. The molecule has 18 heavy (non-hydrogen) atoms.